The van der Waals surface area contributed by atoms with Crippen molar-refractivity contribution in [3.05, 3.63) is 35.9 Å². The van der Waals surface area contributed by atoms with Gasteiger partial charge in [-0.3, -0.25) is 24.0 Å². The van der Waals surface area contributed by atoms with E-state index in [1.54, 1.807) is 0 Å². The van der Waals surface area contributed by atoms with Crippen LogP contribution in [-0.4, -0.2) is 95.4 Å². The molecule has 14 heteroatoms. The van der Waals surface area contributed by atoms with E-state index in [-0.39, 0.29) is 25.3 Å². The second kappa shape index (κ2) is 18.7. The molecule has 1 saturated heterocycles. The molecule has 0 radical (unpaired) electrons. The summed E-state index contributed by atoms with van der Waals surface area (Å²) in [5.41, 5.74) is 12.5. The lowest BCUT2D eigenvalue weighted by atomic mass is 10.0. The van der Waals surface area contributed by atoms with E-state index in [4.69, 9.17) is 11.5 Å². The SMILES string of the molecule is CC(C)C[C@H](NC(=O)[C@H](CCCCN)NC(=O)[C@H](C)NC(=O)[C@@H]1CCCN1C(=O)CNC(=O)[C@@H](N)Cc1ccccc1)C(=O)O. The van der Waals surface area contributed by atoms with Gasteiger partial charge in [0.1, 0.15) is 24.2 Å². The summed E-state index contributed by atoms with van der Waals surface area (Å²) < 4.78 is 0. The van der Waals surface area contributed by atoms with E-state index in [1.807, 2.05) is 44.2 Å². The van der Waals surface area contributed by atoms with Crippen LogP contribution in [0.25, 0.3) is 0 Å². The number of carboxylic acids is 1. The number of nitrogens with zero attached hydrogens (tertiary/aromatic N) is 1. The Morgan fingerprint density at radius 3 is 2.22 bits per heavy atom. The first kappa shape index (κ1) is 37.1. The Morgan fingerprint density at radius 1 is 0.933 bits per heavy atom. The van der Waals surface area contributed by atoms with Gasteiger partial charge in [0.05, 0.1) is 12.6 Å². The molecule has 45 heavy (non-hydrogen) atoms. The number of hydrogen-bond acceptors (Lipinski definition) is 8. The van der Waals surface area contributed by atoms with Crippen molar-refractivity contribution in [3.63, 3.8) is 0 Å². The minimum atomic E-state index is -1.17. The lowest BCUT2D eigenvalue weighted by molar-refractivity contribution is -0.143. The number of carbonyl (C=O) groups excluding carboxylic acids is 5. The summed E-state index contributed by atoms with van der Waals surface area (Å²) in [6, 6.07) is 4.38. The van der Waals surface area contributed by atoms with E-state index >= 15 is 0 Å². The maximum atomic E-state index is 13.1. The van der Waals surface area contributed by atoms with E-state index in [0.717, 1.165) is 5.56 Å². The summed E-state index contributed by atoms with van der Waals surface area (Å²) in [5, 5.41) is 19.8. The first-order valence-electron chi connectivity index (χ1n) is 15.5. The fraction of sp³-hybridized carbons (Fsp3) is 0.613. The maximum absolute atomic E-state index is 13.1. The number of nitrogens with two attached hydrogens (primary N) is 2. The van der Waals surface area contributed by atoms with Crippen molar-refractivity contribution < 1.29 is 33.9 Å². The first-order chi connectivity index (χ1) is 21.3. The Bertz CT molecular complexity index is 1160. The van der Waals surface area contributed by atoms with Crippen LogP contribution in [0.5, 0.6) is 0 Å². The minimum absolute atomic E-state index is 0.0161. The molecular weight excluding hydrogens is 582 g/mol. The van der Waals surface area contributed by atoms with Crippen molar-refractivity contribution in [2.75, 3.05) is 19.6 Å². The van der Waals surface area contributed by atoms with Crippen LogP contribution >= 0.6 is 0 Å². The van der Waals surface area contributed by atoms with Crippen LogP contribution in [0.1, 0.15) is 64.9 Å². The highest BCUT2D eigenvalue weighted by atomic mass is 16.4. The molecule has 0 aromatic heterocycles. The summed E-state index contributed by atoms with van der Waals surface area (Å²) in [5.74, 6) is -3.90. The summed E-state index contributed by atoms with van der Waals surface area (Å²) in [7, 11) is 0. The highest BCUT2D eigenvalue weighted by Crippen LogP contribution is 2.18. The van der Waals surface area contributed by atoms with Crippen molar-refractivity contribution >= 4 is 35.5 Å². The van der Waals surface area contributed by atoms with Crippen molar-refractivity contribution in [3.8, 4) is 0 Å². The van der Waals surface area contributed by atoms with Crippen LogP contribution in [-0.2, 0) is 35.2 Å². The lowest BCUT2D eigenvalue weighted by Gasteiger charge is -2.27. The van der Waals surface area contributed by atoms with Crippen LogP contribution in [0.2, 0.25) is 0 Å². The van der Waals surface area contributed by atoms with Crippen LogP contribution in [0.4, 0.5) is 0 Å². The molecule has 1 aliphatic heterocycles. The van der Waals surface area contributed by atoms with Gasteiger partial charge in [-0.05, 0) is 69.9 Å². The fourth-order valence-corrected chi connectivity index (χ4v) is 5.09. The number of unbranched alkanes of at least 4 members (excludes halogenated alkanes) is 1. The molecule has 0 unspecified atom stereocenters. The smallest absolute Gasteiger partial charge is 0.326 e. The van der Waals surface area contributed by atoms with Crippen LogP contribution in [0.15, 0.2) is 30.3 Å². The number of aliphatic carboxylic acids is 1. The maximum Gasteiger partial charge on any atom is 0.326 e. The molecule has 9 N–H and O–H groups in total. The highest BCUT2D eigenvalue weighted by molar-refractivity contribution is 5.95. The van der Waals surface area contributed by atoms with Gasteiger partial charge in [0.15, 0.2) is 0 Å². The van der Waals surface area contributed by atoms with E-state index in [0.29, 0.717) is 45.2 Å². The van der Waals surface area contributed by atoms with Gasteiger partial charge in [0, 0.05) is 6.54 Å². The van der Waals surface area contributed by atoms with Gasteiger partial charge in [-0.1, -0.05) is 44.2 Å². The Kier molecular flexibility index (Phi) is 15.4. The number of carbonyl (C=O) groups is 6. The van der Waals surface area contributed by atoms with Gasteiger partial charge in [0.25, 0.3) is 0 Å². The average Bonchev–Trinajstić information content (AvgIpc) is 3.49. The monoisotopic (exact) mass is 631 g/mol. The highest BCUT2D eigenvalue weighted by Gasteiger charge is 2.36. The standard InChI is InChI=1S/C31H49N7O7/c1-19(2)16-24(31(44)45)37-29(42)23(12-7-8-14-32)36-27(40)20(3)35-30(43)25-13-9-15-38(25)26(39)18-34-28(41)22(33)17-21-10-5-4-6-11-21/h4-6,10-11,19-20,22-25H,7-9,12-18,32-33H2,1-3H3,(H,34,41)(H,35,43)(H,36,40)(H,37,42)(H,44,45)/t20-,22-,23-,24-,25-/m0/s1. The van der Waals surface area contributed by atoms with Crippen molar-refractivity contribution in [1.82, 2.24) is 26.2 Å². The van der Waals surface area contributed by atoms with Gasteiger partial charge in [-0.15, -0.1) is 0 Å². The second-order valence-corrected chi connectivity index (χ2v) is 11.9. The number of likely N-dealkylation sites (tertiary alicyclic amines) is 1. The van der Waals surface area contributed by atoms with E-state index in [2.05, 4.69) is 21.3 Å². The zero-order chi connectivity index (χ0) is 33.5. The fourth-order valence-electron chi connectivity index (χ4n) is 5.09. The van der Waals surface area contributed by atoms with Crippen molar-refractivity contribution in [2.45, 2.75) is 95.9 Å². The Balaban J connectivity index is 1.94. The van der Waals surface area contributed by atoms with Crippen LogP contribution in [0, 0.1) is 5.92 Å². The molecule has 14 nitrogen and oxygen atoms in total. The van der Waals surface area contributed by atoms with Crippen molar-refractivity contribution in [1.29, 1.82) is 0 Å². The van der Waals surface area contributed by atoms with E-state index in [1.165, 1.54) is 11.8 Å². The second-order valence-electron chi connectivity index (χ2n) is 11.9. The summed E-state index contributed by atoms with van der Waals surface area (Å²) in [4.78, 5) is 77.6. The zero-order valence-corrected chi connectivity index (χ0v) is 26.4. The molecule has 1 fully saturated rings. The van der Waals surface area contributed by atoms with Gasteiger partial charge in [-0.25, -0.2) is 4.79 Å². The number of benzene rings is 1. The predicted octanol–water partition coefficient (Wildman–Crippen LogP) is -0.602. The van der Waals surface area contributed by atoms with Gasteiger partial charge in [0.2, 0.25) is 29.5 Å². The molecule has 0 aliphatic carbocycles. The third-order valence-corrected chi connectivity index (χ3v) is 7.58. The molecule has 1 aromatic rings. The predicted molar refractivity (Wildman–Crippen MR) is 167 cm³/mol. The lowest BCUT2D eigenvalue weighted by Crippen LogP contribution is -2.57. The van der Waals surface area contributed by atoms with Crippen molar-refractivity contribution in [2.24, 2.45) is 17.4 Å². The van der Waals surface area contributed by atoms with E-state index in [9.17, 15) is 33.9 Å². The molecular formula is C31H49N7O7. The third-order valence-electron chi connectivity index (χ3n) is 7.58. The van der Waals surface area contributed by atoms with Gasteiger partial charge < -0.3 is 42.7 Å². The van der Waals surface area contributed by atoms with Crippen LogP contribution < -0.4 is 32.7 Å². The number of rotatable bonds is 18. The Morgan fingerprint density at radius 2 is 1.60 bits per heavy atom. The molecule has 1 aromatic carbocycles. The quantitative estimate of drug-likeness (QED) is 0.103. The molecule has 1 aliphatic rings. The van der Waals surface area contributed by atoms with Crippen LogP contribution in [0.3, 0.4) is 0 Å². The molecule has 0 saturated carbocycles. The molecule has 5 atom stereocenters. The normalized spacial score (nSPS) is 17.1. The van der Waals surface area contributed by atoms with E-state index < -0.39 is 65.7 Å². The Labute approximate surface area is 264 Å². The first-order valence-corrected chi connectivity index (χ1v) is 15.5. The zero-order valence-electron chi connectivity index (χ0n) is 26.4. The molecule has 0 spiro atoms. The number of hydrogen-bond donors (Lipinski definition) is 7. The molecule has 2 rings (SSSR count). The number of carboxylic acid groups (broad SMARTS) is 1. The summed E-state index contributed by atoms with van der Waals surface area (Å²) >= 11 is 0. The minimum Gasteiger partial charge on any atom is -0.480 e. The third kappa shape index (κ3) is 12.5. The Hall–Kier alpha value is -4.04. The van der Waals surface area contributed by atoms with Gasteiger partial charge in [-0.2, -0.15) is 0 Å². The summed E-state index contributed by atoms with van der Waals surface area (Å²) in [6.07, 6.45) is 2.83. The molecule has 1 heterocycles. The number of amides is 5. The topological polar surface area (TPSA) is 226 Å². The average molecular weight is 632 g/mol. The molecule has 5 amide bonds. The number of nitrogens with one attached hydrogen (secondary N) is 4. The summed E-state index contributed by atoms with van der Waals surface area (Å²) in [6.45, 7) is 5.51. The molecule has 250 valence electrons. The molecule has 0 bridgehead atoms. The van der Waals surface area contributed by atoms with Gasteiger partial charge >= 0.3 is 5.97 Å². The largest absolute Gasteiger partial charge is 0.480 e.